The van der Waals surface area contributed by atoms with Crippen molar-refractivity contribution in [1.82, 2.24) is 14.5 Å². The molecule has 0 aromatic heterocycles. The van der Waals surface area contributed by atoms with E-state index >= 15 is 0 Å². The fraction of sp³-hybridized carbons (Fsp3) is 0.333. The lowest BCUT2D eigenvalue weighted by Crippen LogP contribution is -2.48. The molecule has 0 aliphatic carbocycles. The lowest BCUT2D eigenvalue weighted by Gasteiger charge is -2.33. The Balaban J connectivity index is 1.64. The Labute approximate surface area is 195 Å². The Morgan fingerprint density at radius 3 is 2.45 bits per heavy atom. The second-order valence-electron chi connectivity index (χ2n) is 7.77. The van der Waals surface area contributed by atoms with E-state index in [2.05, 4.69) is 22.1 Å². The van der Waals surface area contributed by atoms with Crippen molar-refractivity contribution in [3.8, 4) is 0 Å². The van der Waals surface area contributed by atoms with Crippen LogP contribution < -0.4 is 10.6 Å². The molecule has 1 aliphatic heterocycles. The average molecular weight is 471 g/mol. The van der Waals surface area contributed by atoms with E-state index in [0.717, 1.165) is 5.56 Å². The van der Waals surface area contributed by atoms with Gasteiger partial charge >= 0.3 is 0 Å². The summed E-state index contributed by atoms with van der Waals surface area (Å²) < 4.78 is 25.6. The van der Waals surface area contributed by atoms with E-state index in [9.17, 15) is 18.0 Å². The molecule has 0 saturated carbocycles. The van der Waals surface area contributed by atoms with E-state index in [1.165, 1.54) is 4.31 Å². The van der Waals surface area contributed by atoms with Crippen LogP contribution in [-0.4, -0.2) is 67.9 Å². The third-order valence-corrected chi connectivity index (χ3v) is 7.39. The van der Waals surface area contributed by atoms with Gasteiger partial charge in [0, 0.05) is 44.8 Å². The van der Waals surface area contributed by atoms with E-state index < -0.39 is 10.0 Å². The van der Waals surface area contributed by atoms with Crippen LogP contribution >= 0.6 is 0 Å². The van der Waals surface area contributed by atoms with Gasteiger partial charge in [0.05, 0.1) is 17.0 Å². The smallest absolute Gasteiger partial charge is 0.255 e. The number of rotatable bonds is 9. The Bertz CT molecular complexity index is 1110. The fourth-order valence-corrected chi connectivity index (χ4v) is 4.75. The van der Waals surface area contributed by atoms with Gasteiger partial charge in [0.15, 0.2) is 0 Å². The van der Waals surface area contributed by atoms with Gasteiger partial charge in [-0.2, -0.15) is 4.31 Å². The Kier molecular flexibility index (Phi) is 8.37. The molecule has 0 atom stereocenters. The van der Waals surface area contributed by atoms with Crippen molar-refractivity contribution >= 4 is 27.5 Å². The molecule has 9 heteroatoms. The number of amides is 2. The molecule has 0 unspecified atom stereocenters. The van der Waals surface area contributed by atoms with E-state index in [-0.39, 0.29) is 17.6 Å². The molecule has 2 aromatic rings. The number of carbonyl (C=O) groups excluding carboxylic acids is 2. The van der Waals surface area contributed by atoms with Gasteiger partial charge in [-0.3, -0.25) is 14.5 Å². The van der Waals surface area contributed by atoms with Crippen molar-refractivity contribution in [2.24, 2.45) is 0 Å². The number of sulfonamides is 1. The highest BCUT2D eigenvalue weighted by Gasteiger charge is 2.25. The largest absolute Gasteiger partial charge is 0.349 e. The van der Waals surface area contributed by atoms with Crippen molar-refractivity contribution in [2.75, 3.05) is 43.8 Å². The molecule has 3 rings (SSSR count). The van der Waals surface area contributed by atoms with E-state index in [0.29, 0.717) is 56.1 Å². The molecule has 1 aliphatic rings. The van der Waals surface area contributed by atoms with Crippen molar-refractivity contribution < 1.29 is 18.0 Å². The summed E-state index contributed by atoms with van der Waals surface area (Å²) in [5.74, 6) is -0.480. The summed E-state index contributed by atoms with van der Waals surface area (Å²) in [6, 6.07) is 14.2. The minimum absolute atomic E-state index is 0.114. The molecule has 2 aromatic carbocycles. The molecule has 33 heavy (non-hydrogen) atoms. The van der Waals surface area contributed by atoms with Gasteiger partial charge in [0.1, 0.15) is 0 Å². The summed E-state index contributed by atoms with van der Waals surface area (Å²) in [6.07, 6.45) is 1.59. The monoisotopic (exact) mass is 470 g/mol. The Hall–Kier alpha value is -3.01. The second kappa shape index (κ2) is 11.2. The molecule has 1 heterocycles. The highest BCUT2D eigenvalue weighted by atomic mass is 32.2. The molecule has 0 bridgehead atoms. The average Bonchev–Trinajstić information content (AvgIpc) is 2.83. The first-order valence-corrected chi connectivity index (χ1v) is 12.5. The minimum atomic E-state index is -3.16. The summed E-state index contributed by atoms with van der Waals surface area (Å²) >= 11 is 0. The molecule has 0 radical (unpaired) electrons. The first kappa shape index (κ1) is 24.6. The van der Waals surface area contributed by atoms with Gasteiger partial charge < -0.3 is 10.6 Å². The minimum Gasteiger partial charge on any atom is -0.349 e. The molecule has 1 fully saturated rings. The molecular weight excluding hydrogens is 440 g/mol. The molecule has 2 N–H and O–H groups in total. The SMILES string of the molecule is C=CCNC(=O)c1ccccc1NC(=O)c1cccc(CN2CCN(S(=O)(=O)CC)CC2)c1. The number of carbonyl (C=O) groups is 2. The maximum absolute atomic E-state index is 12.9. The number of piperazine rings is 1. The lowest BCUT2D eigenvalue weighted by atomic mass is 10.1. The van der Waals surface area contributed by atoms with E-state index in [1.807, 2.05) is 18.2 Å². The molecule has 2 amide bonds. The van der Waals surface area contributed by atoms with Gasteiger partial charge in [-0.05, 0) is 36.8 Å². The quantitative estimate of drug-likeness (QED) is 0.548. The lowest BCUT2D eigenvalue weighted by molar-refractivity contribution is 0.0959. The van der Waals surface area contributed by atoms with Crippen LogP contribution in [0.2, 0.25) is 0 Å². The van der Waals surface area contributed by atoms with Crippen molar-refractivity contribution in [2.45, 2.75) is 13.5 Å². The van der Waals surface area contributed by atoms with E-state index in [1.54, 1.807) is 43.3 Å². The molecule has 176 valence electrons. The molecular formula is C24H30N4O4S. The van der Waals surface area contributed by atoms with Crippen molar-refractivity contribution in [3.05, 3.63) is 77.9 Å². The van der Waals surface area contributed by atoms with Crippen LogP contribution in [0.25, 0.3) is 0 Å². The zero-order chi connectivity index (χ0) is 23.8. The van der Waals surface area contributed by atoms with Crippen LogP contribution in [0.4, 0.5) is 5.69 Å². The predicted molar refractivity (Wildman–Crippen MR) is 130 cm³/mol. The molecule has 1 saturated heterocycles. The van der Waals surface area contributed by atoms with Crippen LogP contribution in [-0.2, 0) is 16.6 Å². The second-order valence-corrected chi connectivity index (χ2v) is 10.0. The number of benzene rings is 2. The predicted octanol–water partition coefficient (Wildman–Crippen LogP) is 2.32. The topological polar surface area (TPSA) is 98.8 Å². The third kappa shape index (κ3) is 6.50. The fourth-order valence-electron chi connectivity index (χ4n) is 3.66. The third-order valence-electron chi connectivity index (χ3n) is 5.51. The number of anilines is 1. The summed E-state index contributed by atoms with van der Waals surface area (Å²) in [4.78, 5) is 27.4. The number of para-hydroxylation sites is 1. The molecule has 8 nitrogen and oxygen atoms in total. The Morgan fingerprint density at radius 2 is 1.76 bits per heavy atom. The summed E-state index contributed by atoms with van der Waals surface area (Å²) in [5, 5.41) is 5.55. The summed E-state index contributed by atoms with van der Waals surface area (Å²) in [7, 11) is -3.16. The van der Waals surface area contributed by atoms with E-state index in [4.69, 9.17) is 0 Å². The summed E-state index contributed by atoms with van der Waals surface area (Å²) in [6.45, 7) is 8.44. The van der Waals surface area contributed by atoms with Gasteiger partial charge in [-0.1, -0.05) is 30.3 Å². The first-order chi connectivity index (χ1) is 15.8. The zero-order valence-corrected chi connectivity index (χ0v) is 19.6. The Morgan fingerprint density at radius 1 is 1.03 bits per heavy atom. The number of hydrogen-bond donors (Lipinski definition) is 2. The van der Waals surface area contributed by atoms with Crippen LogP contribution in [0.1, 0.15) is 33.2 Å². The highest BCUT2D eigenvalue weighted by molar-refractivity contribution is 7.89. The summed E-state index contributed by atoms with van der Waals surface area (Å²) in [5.41, 5.74) is 2.26. The maximum Gasteiger partial charge on any atom is 0.255 e. The van der Waals surface area contributed by atoms with Gasteiger partial charge in [-0.25, -0.2) is 8.42 Å². The van der Waals surface area contributed by atoms with Crippen LogP contribution in [0, 0.1) is 0 Å². The molecule has 0 spiro atoms. The number of hydrogen-bond acceptors (Lipinski definition) is 5. The van der Waals surface area contributed by atoms with Gasteiger partial charge in [-0.15, -0.1) is 6.58 Å². The zero-order valence-electron chi connectivity index (χ0n) is 18.8. The van der Waals surface area contributed by atoms with Crippen LogP contribution in [0.5, 0.6) is 0 Å². The number of nitrogens with one attached hydrogen (secondary N) is 2. The van der Waals surface area contributed by atoms with Gasteiger partial charge in [0.2, 0.25) is 10.0 Å². The van der Waals surface area contributed by atoms with Crippen molar-refractivity contribution in [1.29, 1.82) is 0 Å². The normalized spacial score (nSPS) is 15.1. The standard InChI is InChI=1S/C24H30N4O4S/c1-3-12-25-24(30)21-10-5-6-11-22(21)26-23(29)20-9-7-8-19(17-20)18-27-13-15-28(16-14-27)33(31,32)4-2/h3,5-11,17H,1,4,12-16,18H2,2H3,(H,25,30)(H,26,29). The van der Waals surface area contributed by atoms with Crippen LogP contribution in [0.15, 0.2) is 61.2 Å². The highest BCUT2D eigenvalue weighted by Crippen LogP contribution is 2.18. The number of nitrogens with zero attached hydrogens (tertiary/aromatic N) is 2. The maximum atomic E-state index is 12.9. The first-order valence-electron chi connectivity index (χ1n) is 10.9. The van der Waals surface area contributed by atoms with Crippen LogP contribution in [0.3, 0.4) is 0 Å². The van der Waals surface area contributed by atoms with Crippen molar-refractivity contribution in [3.63, 3.8) is 0 Å². The van der Waals surface area contributed by atoms with Gasteiger partial charge in [0.25, 0.3) is 11.8 Å².